The zero-order chi connectivity index (χ0) is 21.1. The number of nitrogens with one attached hydrogen (secondary N) is 1. The van der Waals surface area contributed by atoms with E-state index in [4.69, 9.17) is 0 Å². The van der Waals surface area contributed by atoms with Crippen molar-refractivity contribution in [1.82, 2.24) is 5.32 Å². The van der Waals surface area contributed by atoms with Crippen LogP contribution < -0.4 is 5.32 Å². The number of aliphatic hydroxyl groups excluding tert-OH is 3. The second-order valence-corrected chi connectivity index (χ2v) is 7.79. The van der Waals surface area contributed by atoms with Gasteiger partial charge in [-0.25, -0.2) is 0 Å². The maximum Gasteiger partial charge on any atom is 0.220 e. The van der Waals surface area contributed by atoms with Crippen LogP contribution in [0.5, 0.6) is 0 Å². The number of hydrogen-bond donors (Lipinski definition) is 4. The molecule has 1 saturated carbocycles. The Kier molecular flexibility index (Phi) is 10.1. The molecular weight excluding hydrogens is 366 g/mol. The Morgan fingerprint density at radius 3 is 2.69 bits per heavy atom. The van der Waals surface area contributed by atoms with E-state index in [-0.39, 0.29) is 17.7 Å². The van der Waals surface area contributed by atoms with Crippen molar-refractivity contribution < 1.29 is 20.1 Å². The highest BCUT2D eigenvalue weighted by Gasteiger charge is 2.39. The van der Waals surface area contributed by atoms with Crippen LogP contribution in [0, 0.1) is 11.8 Å². The lowest BCUT2D eigenvalue weighted by Gasteiger charge is -2.19. The van der Waals surface area contributed by atoms with Crippen molar-refractivity contribution in [2.75, 3.05) is 6.54 Å². The van der Waals surface area contributed by atoms with Gasteiger partial charge in [0.15, 0.2) is 0 Å². The third kappa shape index (κ3) is 8.13. The Balaban J connectivity index is 1.81. The highest BCUT2D eigenvalue weighted by atomic mass is 16.3. The largest absolute Gasteiger partial charge is 0.393 e. The molecule has 0 saturated heterocycles. The summed E-state index contributed by atoms with van der Waals surface area (Å²) in [6, 6.07) is 10.0. The Morgan fingerprint density at radius 1 is 1.21 bits per heavy atom. The normalized spacial score (nSPS) is 25.7. The maximum absolute atomic E-state index is 11.5. The van der Waals surface area contributed by atoms with Gasteiger partial charge in [0, 0.05) is 25.3 Å². The molecule has 0 aliphatic heterocycles. The topological polar surface area (TPSA) is 89.8 Å². The lowest BCUT2D eigenvalue weighted by Crippen LogP contribution is -2.21. The van der Waals surface area contributed by atoms with Gasteiger partial charge in [0.2, 0.25) is 5.91 Å². The van der Waals surface area contributed by atoms with Crippen LogP contribution in [0.25, 0.3) is 0 Å². The molecule has 0 spiro atoms. The highest BCUT2D eigenvalue weighted by molar-refractivity contribution is 5.75. The van der Waals surface area contributed by atoms with E-state index in [1.807, 2.05) is 55.5 Å². The van der Waals surface area contributed by atoms with E-state index in [9.17, 15) is 20.1 Å². The van der Waals surface area contributed by atoms with Gasteiger partial charge in [-0.05, 0) is 44.1 Å². The summed E-state index contributed by atoms with van der Waals surface area (Å²) in [5.41, 5.74) is 1.19. The van der Waals surface area contributed by atoms with Crippen molar-refractivity contribution in [2.45, 2.75) is 63.8 Å². The van der Waals surface area contributed by atoms with Crippen molar-refractivity contribution in [2.24, 2.45) is 11.8 Å². The Labute approximate surface area is 174 Å². The zero-order valence-corrected chi connectivity index (χ0v) is 17.3. The quantitative estimate of drug-likeness (QED) is 0.429. The number of aliphatic hydroxyl groups is 3. The van der Waals surface area contributed by atoms with Crippen LogP contribution in [0.15, 0.2) is 54.6 Å². The van der Waals surface area contributed by atoms with E-state index < -0.39 is 18.3 Å². The fraction of sp³-hybridized carbons (Fsp3) is 0.542. The molecule has 2 rings (SSSR count). The van der Waals surface area contributed by atoms with Crippen LogP contribution in [-0.2, 0) is 11.2 Å². The van der Waals surface area contributed by atoms with E-state index in [0.29, 0.717) is 38.6 Å². The Bertz CT molecular complexity index is 658. The predicted molar refractivity (Wildman–Crippen MR) is 115 cm³/mol. The molecule has 5 heteroatoms. The van der Waals surface area contributed by atoms with Crippen molar-refractivity contribution in [3.63, 3.8) is 0 Å². The number of rotatable bonds is 11. The minimum absolute atomic E-state index is 0.0405. The second kappa shape index (κ2) is 12.6. The van der Waals surface area contributed by atoms with E-state index in [1.165, 1.54) is 5.56 Å². The molecule has 1 aromatic rings. The van der Waals surface area contributed by atoms with Crippen molar-refractivity contribution in [1.29, 1.82) is 0 Å². The molecule has 29 heavy (non-hydrogen) atoms. The summed E-state index contributed by atoms with van der Waals surface area (Å²) in [4.78, 5) is 11.5. The predicted octanol–water partition coefficient (Wildman–Crippen LogP) is 2.76. The van der Waals surface area contributed by atoms with E-state index in [2.05, 4.69) is 5.32 Å². The molecule has 1 aliphatic carbocycles. The Hall–Kier alpha value is -1.95. The van der Waals surface area contributed by atoms with Crippen molar-refractivity contribution in [3.05, 3.63) is 60.2 Å². The molecule has 5 atom stereocenters. The fourth-order valence-corrected chi connectivity index (χ4v) is 3.89. The van der Waals surface area contributed by atoms with Gasteiger partial charge in [0.25, 0.3) is 0 Å². The average molecular weight is 402 g/mol. The van der Waals surface area contributed by atoms with Gasteiger partial charge in [0.05, 0.1) is 18.3 Å². The molecular formula is C24H35NO4. The first-order chi connectivity index (χ1) is 14.0. The summed E-state index contributed by atoms with van der Waals surface area (Å²) in [7, 11) is 0. The number of carbonyl (C=O) groups excluding carboxylic acids is 1. The molecule has 1 aromatic carbocycles. The number of hydrogen-bond acceptors (Lipinski definition) is 4. The second-order valence-electron chi connectivity index (χ2n) is 7.79. The Morgan fingerprint density at radius 2 is 1.97 bits per heavy atom. The molecule has 1 amide bonds. The highest BCUT2D eigenvalue weighted by Crippen LogP contribution is 2.36. The molecule has 1 aliphatic rings. The molecule has 160 valence electrons. The van der Waals surface area contributed by atoms with Gasteiger partial charge in [0.1, 0.15) is 0 Å². The molecule has 0 heterocycles. The lowest BCUT2D eigenvalue weighted by atomic mass is 9.89. The summed E-state index contributed by atoms with van der Waals surface area (Å²) < 4.78 is 0. The van der Waals surface area contributed by atoms with E-state index >= 15 is 0 Å². The summed E-state index contributed by atoms with van der Waals surface area (Å²) >= 11 is 0. The first-order valence-electron chi connectivity index (χ1n) is 10.7. The van der Waals surface area contributed by atoms with E-state index in [1.54, 1.807) is 6.08 Å². The summed E-state index contributed by atoms with van der Waals surface area (Å²) in [5.74, 6) is -0.216. The van der Waals surface area contributed by atoms with Gasteiger partial charge in [-0.2, -0.15) is 0 Å². The van der Waals surface area contributed by atoms with Gasteiger partial charge < -0.3 is 20.6 Å². The van der Waals surface area contributed by atoms with E-state index in [0.717, 1.165) is 6.42 Å². The number of carbonyl (C=O) groups is 1. The van der Waals surface area contributed by atoms with Crippen LogP contribution in [0.2, 0.25) is 0 Å². The molecule has 0 bridgehead atoms. The minimum Gasteiger partial charge on any atom is -0.393 e. The number of benzene rings is 1. The first kappa shape index (κ1) is 23.3. The van der Waals surface area contributed by atoms with Crippen LogP contribution in [0.3, 0.4) is 0 Å². The summed E-state index contributed by atoms with van der Waals surface area (Å²) in [6.07, 6.45) is 9.35. The average Bonchev–Trinajstić information content (AvgIpc) is 2.98. The van der Waals surface area contributed by atoms with Crippen LogP contribution >= 0.6 is 0 Å². The number of amides is 1. The molecule has 4 N–H and O–H groups in total. The maximum atomic E-state index is 11.5. The summed E-state index contributed by atoms with van der Waals surface area (Å²) in [5, 5.41) is 33.7. The molecule has 0 aromatic heterocycles. The summed E-state index contributed by atoms with van der Waals surface area (Å²) in [6.45, 7) is 2.53. The van der Waals surface area contributed by atoms with Gasteiger partial charge >= 0.3 is 0 Å². The molecule has 0 radical (unpaired) electrons. The molecule has 1 fully saturated rings. The third-order valence-electron chi connectivity index (χ3n) is 5.53. The smallest absolute Gasteiger partial charge is 0.220 e. The number of aryl methyl sites for hydroxylation is 1. The number of allylic oxidation sites excluding steroid dienone is 2. The minimum atomic E-state index is -0.601. The van der Waals surface area contributed by atoms with Crippen LogP contribution in [0.4, 0.5) is 0 Å². The molecule has 5 unspecified atom stereocenters. The monoisotopic (exact) mass is 401 g/mol. The third-order valence-corrected chi connectivity index (χ3v) is 5.53. The van der Waals surface area contributed by atoms with Crippen LogP contribution in [0.1, 0.15) is 44.6 Å². The van der Waals surface area contributed by atoms with Crippen molar-refractivity contribution in [3.8, 4) is 0 Å². The fourth-order valence-electron chi connectivity index (χ4n) is 3.89. The molecule has 5 nitrogen and oxygen atoms in total. The van der Waals surface area contributed by atoms with Crippen molar-refractivity contribution >= 4 is 5.91 Å². The lowest BCUT2D eigenvalue weighted by molar-refractivity contribution is -0.120. The van der Waals surface area contributed by atoms with Gasteiger partial charge in [-0.1, -0.05) is 54.6 Å². The zero-order valence-electron chi connectivity index (χ0n) is 17.3. The SMILES string of the molecule is CCNC(=O)CCC=CCC1C(O)CC(O)C1C=CC(O)CCc1ccccc1. The van der Waals surface area contributed by atoms with Crippen LogP contribution in [-0.4, -0.2) is 46.1 Å². The van der Waals surface area contributed by atoms with Gasteiger partial charge in [-0.15, -0.1) is 0 Å². The standard InChI is InChI=1S/C24H35NO4/c1-2-25-24(29)12-8-4-7-11-20-21(23(28)17-22(20)27)16-15-19(26)14-13-18-9-5-3-6-10-18/h3-7,9-10,15-16,19-23,26-28H,2,8,11-14,17H2,1H3,(H,25,29). The first-order valence-corrected chi connectivity index (χ1v) is 10.7. The van der Waals surface area contributed by atoms with Gasteiger partial charge in [-0.3, -0.25) is 4.79 Å².